The SMILES string of the molecule is C1=C[Si]=C2Cc3ccccc3C2=C1.C=Cc1ccc2c(c1)Cc1cc(C=C)ccc1-2. The zero-order valence-electron chi connectivity index (χ0n) is 17.0. The summed E-state index contributed by atoms with van der Waals surface area (Å²) in [5.41, 5.74) is 14.6. The second-order valence-electron chi connectivity index (χ2n) is 7.81. The molecule has 0 unspecified atom stereocenters. The van der Waals surface area contributed by atoms with E-state index < -0.39 is 0 Å². The topological polar surface area (TPSA) is 0 Å². The zero-order valence-corrected chi connectivity index (χ0v) is 18.0. The van der Waals surface area contributed by atoms with Crippen molar-refractivity contribution in [3.8, 4) is 11.1 Å². The highest BCUT2D eigenvalue weighted by Crippen LogP contribution is 2.37. The molecular formula is C29H23Si. The lowest BCUT2D eigenvalue weighted by Gasteiger charge is -2.02. The molecule has 0 atom stereocenters. The molecule has 3 aliphatic rings. The van der Waals surface area contributed by atoms with Gasteiger partial charge < -0.3 is 0 Å². The lowest BCUT2D eigenvalue weighted by molar-refractivity contribution is 1.26. The third-order valence-electron chi connectivity index (χ3n) is 6.02. The van der Waals surface area contributed by atoms with E-state index in [9.17, 15) is 0 Å². The van der Waals surface area contributed by atoms with Crippen LogP contribution in [-0.2, 0) is 12.8 Å². The predicted octanol–water partition coefficient (Wildman–Crippen LogP) is 6.57. The number of benzene rings is 3. The van der Waals surface area contributed by atoms with Crippen LogP contribution >= 0.6 is 0 Å². The van der Waals surface area contributed by atoms with Crippen molar-refractivity contribution in [3.63, 3.8) is 0 Å². The van der Waals surface area contributed by atoms with Crippen LogP contribution in [0.4, 0.5) is 0 Å². The molecule has 143 valence electrons. The van der Waals surface area contributed by atoms with Crippen molar-refractivity contribution < 1.29 is 0 Å². The molecule has 3 aromatic carbocycles. The van der Waals surface area contributed by atoms with Crippen molar-refractivity contribution in [3.05, 3.63) is 125 Å². The molecule has 1 heterocycles. The van der Waals surface area contributed by atoms with Crippen molar-refractivity contribution in [2.75, 3.05) is 0 Å². The summed E-state index contributed by atoms with van der Waals surface area (Å²) >= 11 is 0. The molecule has 0 N–H and O–H groups in total. The van der Waals surface area contributed by atoms with Crippen LogP contribution in [0.5, 0.6) is 0 Å². The van der Waals surface area contributed by atoms with Gasteiger partial charge in [-0.25, -0.2) is 0 Å². The average molecular weight is 400 g/mol. The number of hydrogen-bond donors (Lipinski definition) is 0. The summed E-state index contributed by atoms with van der Waals surface area (Å²) in [4.78, 5) is 0. The molecule has 1 aliphatic heterocycles. The monoisotopic (exact) mass is 399 g/mol. The fourth-order valence-corrected chi connectivity index (χ4v) is 5.56. The number of hydrogen-bond acceptors (Lipinski definition) is 0. The summed E-state index contributed by atoms with van der Waals surface area (Å²) < 4.78 is 0. The third-order valence-corrected chi connectivity index (χ3v) is 7.17. The zero-order chi connectivity index (χ0) is 20.5. The Hall–Kier alpha value is -3.29. The van der Waals surface area contributed by atoms with Gasteiger partial charge in [-0.05, 0) is 62.9 Å². The van der Waals surface area contributed by atoms with E-state index in [4.69, 9.17) is 0 Å². The highest BCUT2D eigenvalue weighted by molar-refractivity contribution is 6.69. The van der Waals surface area contributed by atoms with E-state index in [-0.39, 0.29) is 0 Å². The quantitative estimate of drug-likeness (QED) is 0.334. The standard InChI is InChI=1S/C17H14.C12H9Si/c1-3-12-5-7-16-14(9-12)11-15-10-13(4-2)6-8-17(15)16;1-2-5-10-9(4-1)8-12-11(10)6-3-7-13-12/h3-10H,1-2,11H2;1-7H,8H2. The molecule has 1 radical (unpaired) electrons. The van der Waals surface area contributed by atoms with Gasteiger partial charge >= 0.3 is 0 Å². The molecule has 3 aromatic rings. The van der Waals surface area contributed by atoms with E-state index in [0.717, 1.165) is 15.6 Å². The maximum atomic E-state index is 3.82. The molecule has 30 heavy (non-hydrogen) atoms. The molecule has 6 rings (SSSR count). The number of fused-ring (bicyclic) bond motifs is 6. The molecule has 0 bridgehead atoms. The van der Waals surface area contributed by atoms with Crippen LogP contribution in [0, 0.1) is 0 Å². The van der Waals surface area contributed by atoms with Crippen molar-refractivity contribution in [1.82, 2.24) is 0 Å². The average Bonchev–Trinajstić information content (AvgIpc) is 3.36. The molecular weight excluding hydrogens is 376 g/mol. The van der Waals surface area contributed by atoms with Gasteiger partial charge in [-0.15, -0.1) is 0 Å². The van der Waals surface area contributed by atoms with Gasteiger partial charge in [0.05, 0.1) is 9.13 Å². The normalized spacial score (nSPS) is 14.3. The van der Waals surface area contributed by atoms with Gasteiger partial charge in [0.1, 0.15) is 0 Å². The van der Waals surface area contributed by atoms with Crippen molar-refractivity contribution >= 4 is 32.0 Å². The van der Waals surface area contributed by atoms with Gasteiger partial charge in [0, 0.05) is 0 Å². The van der Waals surface area contributed by atoms with Crippen molar-refractivity contribution in [2.45, 2.75) is 12.8 Å². The minimum absolute atomic E-state index is 0.900. The maximum Gasteiger partial charge on any atom is 0.0554 e. The summed E-state index contributed by atoms with van der Waals surface area (Å²) in [7, 11) is 0.900. The van der Waals surface area contributed by atoms with Crippen LogP contribution < -0.4 is 0 Å². The Kier molecular flexibility index (Phi) is 4.90. The fourth-order valence-electron chi connectivity index (χ4n) is 4.50. The molecule has 0 amide bonds. The third kappa shape index (κ3) is 3.32. The van der Waals surface area contributed by atoms with Crippen molar-refractivity contribution in [2.24, 2.45) is 0 Å². The second-order valence-corrected chi connectivity index (χ2v) is 9.04. The maximum absolute atomic E-state index is 3.82. The van der Waals surface area contributed by atoms with Gasteiger partial charge in [0.15, 0.2) is 0 Å². The molecule has 0 aromatic heterocycles. The van der Waals surface area contributed by atoms with E-state index in [2.05, 4.69) is 91.7 Å². The Labute approximate surface area is 181 Å². The van der Waals surface area contributed by atoms with Gasteiger partial charge in [0.2, 0.25) is 0 Å². The lowest BCUT2D eigenvalue weighted by atomic mass is 10.0. The van der Waals surface area contributed by atoms with Crippen LogP contribution in [0.1, 0.15) is 33.4 Å². The Morgan fingerprint density at radius 2 is 1.37 bits per heavy atom. The van der Waals surface area contributed by atoms with Gasteiger partial charge in [-0.2, -0.15) is 0 Å². The first-order valence-electron chi connectivity index (χ1n) is 10.4. The first kappa shape index (κ1) is 18.7. The molecule has 0 saturated carbocycles. The summed E-state index contributed by atoms with van der Waals surface area (Å²) in [6, 6.07) is 21.9. The smallest absolute Gasteiger partial charge is 0.0554 e. The Balaban J connectivity index is 0.000000133. The summed E-state index contributed by atoms with van der Waals surface area (Å²) in [6.07, 6.45) is 10.4. The van der Waals surface area contributed by atoms with E-state index in [1.54, 1.807) is 5.17 Å². The fraction of sp³-hybridized carbons (Fsp3) is 0.0690. The molecule has 0 spiro atoms. The van der Waals surface area contributed by atoms with Crippen LogP contribution in [0.15, 0.2) is 91.7 Å². The summed E-state index contributed by atoms with van der Waals surface area (Å²) in [5, 5.41) is 1.61. The van der Waals surface area contributed by atoms with Crippen molar-refractivity contribution in [1.29, 1.82) is 0 Å². The molecule has 2 aliphatic carbocycles. The number of allylic oxidation sites excluding steroid dienone is 3. The predicted molar refractivity (Wildman–Crippen MR) is 133 cm³/mol. The van der Waals surface area contributed by atoms with E-state index >= 15 is 0 Å². The second kappa shape index (κ2) is 7.85. The largest absolute Gasteiger partial charge is 0.0985 e. The van der Waals surface area contributed by atoms with E-state index in [1.807, 2.05) is 12.2 Å². The van der Waals surface area contributed by atoms with Crippen LogP contribution in [0.25, 0.3) is 28.9 Å². The van der Waals surface area contributed by atoms with Crippen LogP contribution in [0.3, 0.4) is 0 Å². The van der Waals surface area contributed by atoms with Crippen LogP contribution in [-0.4, -0.2) is 14.3 Å². The Morgan fingerprint density at radius 3 is 2.03 bits per heavy atom. The highest BCUT2D eigenvalue weighted by atomic mass is 28.2. The van der Waals surface area contributed by atoms with Gasteiger partial charge in [-0.1, -0.05) is 109 Å². The molecule has 0 saturated heterocycles. The highest BCUT2D eigenvalue weighted by Gasteiger charge is 2.20. The first-order valence-corrected chi connectivity index (χ1v) is 11.4. The summed E-state index contributed by atoms with van der Waals surface area (Å²) in [6.45, 7) is 7.64. The molecule has 0 nitrogen and oxygen atoms in total. The molecule has 1 heteroatoms. The Bertz CT molecular complexity index is 1210. The van der Waals surface area contributed by atoms with Gasteiger partial charge in [-0.3, -0.25) is 0 Å². The van der Waals surface area contributed by atoms with E-state index in [0.29, 0.717) is 0 Å². The summed E-state index contributed by atoms with van der Waals surface area (Å²) in [5.74, 6) is 0. The van der Waals surface area contributed by atoms with Gasteiger partial charge in [0.25, 0.3) is 0 Å². The Morgan fingerprint density at radius 1 is 0.700 bits per heavy atom. The van der Waals surface area contributed by atoms with Crippen LogP contribution in [0.2, 0.25) is 0 Å². The lowest BCUT2D eigenvalue weighted by Crippen LogP contribution is -2.03. The minimum atomic E-state index is 0.900. The minimum Gasteiger partial charge on any atom is -0.0985 e. The number of rotatable bonds is 2. The van der Waals surface area contributed by atoms with E-state index in [1.165, 1.54) is 56.5 Å². The first-order chi connectivity index (χ1) is 14.8. The molecule has 0 fully saturated rings.